The lowest BCUT2D eigenvalue weighted by Gasteiger charge is -2.12. The molecule has 0 aliphatic rings. The maximum atomic E-state index is 13.7. The number of hydrogen-bond donors (Lipinski definition) is 1. The molecule has 1 amide bonds. The fourth-order valence-corrected chi connectivity index (χ4v) is 5.34. The molecule has 2 aromatic heterocycles. The molecule has 5 aromatic rings. The van der Waals surface area contributed by atoms with Crippen molar-refractivity contribution in [3.05, 3.63) is 95.6 Å². The molecule has 5 rings (SSSR count). The first-order valence-corrected chi connectivity index (χ1v) is 12.8. The molecule has 0 radical (unpaired) electrons. The smallest absolute Gasteiger partial charge is 0.341 e. The van der Waals surface area contributed by atoms with Crippen LogP contribution < -0.4 is 5.32 Å². The number of ether oxygens (including phenoxy) is 1. The SMILES string of the molecule is CCCCOC(=O)c1c(NC(=O)c2cc(-c3ccccc3C)nc3ccccc23)sc2ccccc12. The quantitative estimate of drug-likeness (QED) is 0.186. The maximum absolute atomic E-state index is 13.7. The van der Waals surface area contributed by atoms with Gasteiger partial charge in [-0.15, -0.1) is 11.3 Å². The van der Waals surface area contributed by atoms with Crippen LogP contribution in [0.25, 0.3) is 32.2 Å². The van der Waals surface area contributed by atoms with Gasteiger partial charge in [-0.3, -0.25) is 4.79 Å². The number of anilines is 1. The summed E-state index contributed by atoms with van der Waals surface area (Å²) < 4.78 is 6.44. The zero-order chi connectivity index (χ0) is 25.1. The van der Waals surface area contributed by atoms with Gasteiger partial charge in [0.1, 0.15) is 10.6 Å². The number of nitrogens with one attached hydrogen (secondary N) is 1. The van der Waals surface area contributed by atoms with Gasteiger partial charge in [-0.05, 0) is 37.1 Å². The van der Waals surface area contributed by atoms with E-state index in [4.69, 9.17) is 9.72 Å². The second kappa shape index (κ2) is 10.3. The molecule has 0 unspecified atom stereocenters. The van der Waals surface area contributed by atoms with E-state index in [1.54, 1.807) is 0 Å². The Bertz CT molecular complexity index is 1590. The van der Waals surface area contributed by atoms with Crippen molar-refractivity contribution in [3.8, 4) is 11.3 Å². The lowest BCUT2D eigenvalue weighted by Crippen LogP contribution is -2.15. The Hall–Kier alpha value is -4.03. The van der Waals surface area contributed by atoms with Gasteiger partial charge in [0.05, 0.1) is 23.4 Å². The van der Waals surface area contributed by atoms with Gasteiger partial charge in [0, 0.05) is 21.0 Å². The molecule has 0 saturated carbocycles. The van der Waals surface area contributed by atoms with E-state index in [0.717, 1.165) is 50.7 Å². The monoisotopic (exact) mass is 494 g/mol. The molecule has 1 N–H and O–H groups in total. The number of amides is 1. The molecule has 5 nitrogen and oxygen atoms in total. The number of nitrogens with zero attached hydrogens (tertiary/aromatic N) is 1. The van der Waals surface area contributed by atoms with Gasteiger partial charge in [-0.25, -0.2) is 9.78 Å². The van der Waals surface area contributed by atoms with E-state index >= 15 is 0 Å². The summed E-state index contributed by atoms with van der Waals surface area (Å²) in [4.78, 5) is 31.6. The molecule has 0 bridgehead atoms. The van der Waals surface area contributed by atoms with Crippen LogP contribution in [0.3, 0.4) is 0 Å². The van der Waals surface area contributed by atoms with Crippen LogP contribution in [0, 0.1) is 6.92 Å². The number of unbranched alkanes of at least 4 members (excludes halogenated alkanes) is 1. The van der Waals surface area contributed by atoms with Crippen molar-refractivity contribution in [2.24, 2.45) is 0 Å². The number of pyridine rings is 1. The second-order valence-electron chi connectivity index (χ2n) is 8.63. The van der Waals surface area contributed by atoms with Crippen molar-refractivity contribution in [1.82, 2.24) is 4.98 Å². The minimum atomic E-state index is -0.420. The topological polar surface area (TPSA) is 68.3 Å². The highest BCUT2D eigenvalue weighted by Gasteiger charge is 2.23. The third kappa shape index (κ3) is 4.60. The van der Waals surface area contributed by atoms with Crippen LogP contribution in [-0.2, 0) is 4.74 Å². The van der Waals surface area contributed by atoms with Crippen molar-refractivity contribution in [2.75, 3.05) is 11.9 Å². The number of aryl methyl sites for hydroxylation is 1. The Labute approximate surface area is 213 Å². The van der Waals surface area contributed by atoms with Crippen LogP contribution in [0.2, 0.25) is 0 Å². The molecule has 6 heteroatoms. The summed E-state index contributed by atoms with van der Waals surface area (Å²) >= 11 is 1.37. The summed E-state index contributed by atoms with van der Waals surface area (Å²) in [6.45, 7) is 4.42. The van der Waals surface area contributed by atoms with Gasteiger partial charge >= 0.3 is 5.97 Å². The second-order valence-corrected chi connectivity index (χ2v) is 9.69. The normalized spacial score (nSPS) is 11.1. The van der Waals surface area contributed by atoms with Crippen LogP contribution in [0.5, 0.6) is 0 Å². The molecule has 0 fully saturated rings. The summed E-state index contributed by atoms with van der Waals surface area (Å²) in [6, 6.07) is 25.0. The number of benzene rings is 3. The molecule has 180 valence electrons. The van der Waals surface area contributed by atoms with Crippen LogP contribution in [-0.4, -0.2) is 23.5 Å². The molecule has 36 heavy (non-hydrogen) atoms. The number of hydrogen-bond acceptors (Lipinski definition) is 5. The summed E-state index contributed by atoms with van der Waals surface area (Å²) in [6.07, 6.45) is 1.72. The molecule has 0 atom stereocenters. The highest BCUT2D eigenvalue weighted by Crippen LogP contribution is 2.37. The van der Waals surface area contributed by atoms with Crippen molar-refractivity contribution >= 4 is 49.2 Å². The highest BCUT2D eigenvalue weighted by molar-refractivity contribution is 7.23. The van der Waals surface area contributed by atoms with Crippen molar-refractivity contribution in [3.63, 3.8) is 0 Å². The molecule has 0 aliphatic carbocycles. The first-order valence-electron chi connectivity index (χ1n) is 12.0. The van der Waals surface area contributed by atoms with E-state index in [1.807, 2.05) is 92.7 Å². The summed E-state index contributed by atoms with van der Waals surface area (Å²) in [5.74, 6) is -0.714. The zero-order valence-electron chi connectivity index (χ0n) is 20.2. The molecule has 2 heterocycles. The molecule has 0 saturated heterocycles. The van der Waals surface area contributed by atoms with Gasteiger partial charge < -0.3 is 10.1 Å². The first-order chi connectivity index (χ1) is 17.6. The largest absolute Gasteiger partial charge is 0.462 e. The highest BCUT2D eigenvalue weighted by atomic mass is 32.1. The zero-order valence-corrected chi connectivity index (χ0v) is 21.0. The number of rotatable bonds is 7. The van der Waals surface area contributed by atoms with E-state index in [1.165, 1.54) is 11.3 Å². The van der Waals surface area contributed by atoms with Gasteiger partial charge in [0.2, 0.25) is 0 Å². The number of thiophene rings is 1. The van der Waals surface area contributed by atoms with E-state index < -0.39 is 5.97 Å². The molecular formula is C30H26N2O3S. The number of carbonyl (C=O) groups is 2. The minimum Gasteiger partial charge on any atom is -0.462 e. The molecule has 0 aliphatic heterocycles. The predicted octanol–water partition coefficient (Wildman–Crippen LogP) is 7.63. The predicted molar refractivity (Wildman–Crippen MR) is 147 cm³/mol. The number of carbonyl (C=O) groups excluding carboxylic acids is 2. The Morgan fingerprint density at radius 1 is 0.944 bits per heavy atom. The number of para-hydroxylation sites is 1. The van der Waals surface area contributed by atoms with Crippen LogP contribution >= 0.6 is 11.3 Å². The Kier molecular flexibility index (Phi) is 6.78. The summed E-state index contributed by atoms with van der Waals surface area (Å²) in [5.41, 5.74) is 4.41. The third-order valence-electron chi connectivity index (χ3n) is 6.14. The number of fused-ring (bicyclic) bond motifs is 2. The Balaban J connectivity index is 1.58. The number of aromatic nitrogens is 1. The van der Waals surface area contributed by atoms with Gasteiger partial charge in [-0.2, -0.15) is 0 Å². The fourth-order valence-electron chi connectivity index (χ4n) is 4.25. The number of esters is 1. The minimum absolute atomic E-state index is 0.294. The van der Waals surface area contributed by atoms with E-state index in [9.17, 15) is 9.59 Å². The molecule has 0 spiro atoms. The van der Waals surface area contributed by atoms with Gasteiger partial charge in [0.15, 0.2) is 0 Å². The fraction of sp³-hybridized carbons (Fsp3) is 0.167. The van der Waals surface area contributed by atoms with Crippen molar-refractivity contribution in [2.45, 2.75) is 26.7 Å². The van der Waals surface area contributed by atoms with Crippen molar-refractivity contribution in [1.29, 1.82) is 0 Å². The molecular weight excluding hydrogens is 468 g/mol. The lowest BCUT2D eigenvalue weighted by molar-refractivity contribution is 0.0503. The van der Waals surface area contributed by atoms with Crippen LogP contribution in [0.15, 0.2) is 78.9 Å². The van der Waals surface area contributed by atoms with E-state index in [0.29, 0.717) is 22.7 Å². The average Bonchev–Trinajstić information content (AvgIpc) is 3.26. The molecule has 3 aromatic carbocycles. The van der Waals surface area contributed by atoms with Crippen LogP contribution in [0.4, 0.5) is 5.00 Å². The summed E-state index contributed by atoms with van der Waals surface area (Å²) in [7, 11) is 0. The Morgan fingerprint density at radius 2 is 1.67 bits per heavy atom. The summed E-state index contributed by atoms with van der Waals surface area (Å²) in [5, 5.41) is 5.04. The van der Waals surface area contributed by atoms with Crippen LogP contribution in [0.1, 0.15) is 46.0 Å². The van der Waals surface area contributed by atoms with Gasteiger partial charge in [-0.1, -0.05) is 74.0 Å². The van der Waals surface area contributed by atoms with E-state index in [2.05, 4.69) is 5.32 Å². The van der Waals surface area contributed by atoms with E-state index in [-0.39, 0.29) is 5.91 Å². The standard InChI is InChI=1S/C30H26N2O3S/c1-3-4-17-35-30(34)27-22-14-8-10-16-26(22)36-29(27)32-28(33)23-18-25(20-12-6-5-11-19(20)2)31-24-15-9-7-13-21(23)24/h5-16,18H,3-4,17H2,1-2H3,(H,32,33). The maximum Gasteiger partial charge on any atom is 0.341 e. The Morgan fingerprint density at radius 3 is 2.47 bits per heavy atom. The average molecular weight is 495 g/mol. The third-order valence-corrected chi connectivity index (χ3v) is 7.23. The van der Waals surface area contributed by atoms with Gasteiger partial charge in [0.25, 0.3) is 5.91 Å². The first kappa shape index (κ1) is 23.7. The lowest BCUT2D eigenvalue weighted by atomic mass is 10.0. The van der Waals surface area contributed by atoms with Crippen molar-refractivity contribution < 1.29 is 14.3 Å².